The van der Waals surface area contributed by atoms with Gasteiger partial charge >= 0.3 is 0 Å². The van der Waals surface area contributed by atoms with Gasteiger partial charge in [0, 0.05) is 24.5 Å². The van der Waals surface area contributed by atoms with Crippen LogP contribution < -0.4 is 0 Å². The molecule has 1 N–H and O–H groups in total. The summed E-state index contributed by atoms with van der Waals surface area (Å²) >= 11 is 0. The second kappa shape index (κ2) is 3.87. The molecule has 0 unspecified atom stereocenters. The zero-order valence-electron chi connectivity index (χ0n) is 7.59. The SMILES string of the molecule is Oc1cncc(Cc2ccccn2)c1. The molecule has 14 heavy (non-hydrogen) atoms. The second-order valence-electron chi connectivity index (χ2n) is 3.05. The average molecular weight is 186 g/mol. The van der Waals surface area contributed by atoms with E-state index in [4.69, 9.17) is 0 Å². The molecular formula is C11H10N2O. The van der Waals surface area contributed by atoms with Gasteiger partial charge in [0.15, 0.2) is 0 Å². The van der Waals surface area contributed by atoms with Crippen molar-refractivity contribution in [2.45, 2.75) is 6.42 Å². The molecule has 2 heterocycles. The van der Waals surface area contributed by atoms with Gasteiger partial charge < -0.3 is 5.11 Å². The van der Waals surface area contributed by atoms with Crippen LogP contribution in [0.4, 0.5) is 0 Å². The first-order chi connectivity index (χ1) is 6.84. The van der Waals surface area contributed by atoms with Crippen LogP contribution in [0.15, 0.2) is 42.9 Å². The van der Waals surface area contributed by atoms with E-state index in [0.717, 1.165) is 11.3 Å². The third kappa shape index (κ3) is 2.07. The third-order valence-electron chi connectivity index (χ3n) is 1.89. The quantitative estimate of drug-likeness (QED) is 0.777. The van der Waals surface area contributed by atoms with Crippen molar-refractivity contribution in [2.24, 2.45) is 0 Å². The summed E-state index contributed by atoms with van der Waals surface area (Å²) in [6.45, 7) is 0. The molecule has 0 amide bonds. The van der Waals surface area contributed by atoms with Gasteiger partial charge in [0.2, 0.25) is 0 Å². The predicted octanol–water partition coefficient (Wildman–Crippen LogP) is 1.77. The van der Waals surface area contributed by atoms with Crippen LogP contribution in [-0.4, -0.2) is 15.1 Å². The normalized spacial score (nSPS) is 10.0. The molecule has 0 aliphatic heterocycles. The standard InChI is InChI=1S/C11H10N2O/c14-11-6-9(7-12-8-11)5-10-3-1-2-4-13-10/h1-4,6-8,14H,5H2. The Balaban J connectivity index is 2.19. The molecule has 0 atom stereocenters. The van der Waals surface area contributed by atoms with Gasteiger partial charge in [-0.1, -0.05) is 6.07 Å². The van der Waals surface area contributed by atoms with Crippen LogP contribution >= 0.6 is 0 Å². The first kappa shape index (κ1) is 8.69. The van der Waals surface area contributed by atoms with Crippen molar-refractivity contribution in [3.05, 3.63) is 54.1 Å². The van der Waals surface area contributed by atoms with E-state index >= 15 is 0 Å². The van der Waals surface area contributed by atoms with E-state index in [1.165, 1.54) is 6.20 Å². The first-order valence-electron chi connectivity index (χ1n) is 4.37. The lowest BCUT2D eigenvalue weighted by molar-refractivity contribution is 0.472. The van der Waals surface area contributed by atoms with E-state index in [1.807, 2.05) is 18.2 Å². The van der Waals surface area contributed by atoms with Gasteiger partial charge in [-0.3, -0.25) is 9.97 Å². The van der Waals surface area contributed by atoms with Gasteiger partial charge in [-0.05, 0) is 23.8 Å². The Labute approximate surface area is 82.1 Å². The minimum absolute atomic E-state index is 0.193. The minimum atomic E-state index is 0.193. The lowest BCUT2D eigenvalue weighted by Crippen LogP contribution is -1.91. The van der Waals surface area contributed by atoms with Gasteiger partial charge in [0.05, 0.1) is 6.20 Å². The summed E-state index contributed by atoms with van der Waals surface area (Å²) in [5, 5.41) is 9.21. The Kier molecular flexibility index (Phi) is 2.40. The highest BCUT2D eigenvalue weighted by Gasteiger charge is 1.97. The molecule has 2 aromatic heterocycles. The van der Waals surface area contributed by atoms with Crippen molar-refractivity contribution in [3.8, 4) is 5.75 Å². The smallest absolute Gasteiger partial charge is 0.134 e. The molecular weight excluding hydrogens is 176 g/mol. The Hall–Kier alpha value is -1.90. The second-order valence-corrected chi connectivity index (χ2v) is 3.05. The summed E-state index contributed by atoms with van der Waals surface area (Å²) in [5.41, 5.74) is 1.93. The summed E-state index contributed by atoms with van der Waals surface area (Å²) in [7, 11) is 0. The summed E-state index contributed by atoms with van der Waals surface area (Å²) in [6, 6.07) is 7.47. The highest BCUT2D eigenvalue weighted by atomic mass is 16.3. The Bertz CT molecular complexity index is 415. The van der Waals surface area contributed by atoms with Crippen molar-refractivity contribution in [2.75, 3.05) is 0 Å². The fourth-order valence-corrected chi connectivity index (χ4v) is 1.28. The molecule has 3 nitrogen and oxygen atoms in total. The number of aromatic nitrogens is 2. The molecule has 0 radical (unpaired) electrons. The summed E-state index contributed by atoms with van der Waals surface area (Å²) in [5.74, 6) is 0.193. The maximum absolute atomic E-state index is 9.21. The van der Waals surface area contributed by atoms with Crippen molar-refractivity contribution >= 4 is 0 Å². The van der Waals surface area contributed by atoms with Gasteiger partial charge in [-0.25, -0.2) is 0 Å². The van der Waals surface area contributed by atoms with E-state index in [0.29, 0.717) is 6.42 Å². The van der Waals surface area contributed by atoms with Crippen molar-refractivity contribution in [1.82, 2.24) is 9.97 Å². The van der Waals surface area contributed by atoms with Crippen LogP contribution in [-0.2, 0) is 6.42 Å². The molecule has 0 fully saturated rings. The van der Waals surface area contributed by atoms with Gasteiger partial charge in [0.25, 0.3) is 0 Å². The summed E-state index contributed by atoms with van der Waals surface area (Å²) in [4.78, 5) is 8.10. The van der Waals surface area contributed by atoms with Crippen LogP contribution in [0.25, 0.3) is 0 Å². The molecule has 0 aliphatic carbocycles. The first-order valence-corrected chi connectivity index (χ1v) is 4.37. The van der Waals surface area contributed by atoms with Crippen molar-refractivity contribution < 1.29 is 5.11 Å². The third-order valence-corrected chi connectivity index (χ3v) is 1.89. The number of aromatic hydroxyl groups is 1. The molecule has 2 rings (SSSR count). The molecule has 2 aromatic rings. The van der Waals surface area contributed by atoms with E-state index in [-0.39, 0.29) is 5.75 Å². The van der Waals surface area contributed by atoms with Crippen LogP contribution in [0, 0.1) is 0 Å². The van der Waals surface area contributed by atoms with Crippen LogP contribution in [0.2, 0.25) is 0 Å². The van der Waals surface area contributed by atoms with E-state index in [2.05, 4.69) is 9.97 Å². The maximum atomic E-state index is 9.21. The monoisotopic (exact) mass is 186 g/mol. The summed E-state index contributed by atoms with van der Waals surface area (Å²) in [6.07, 6.45) is 5.60. The fraction of sp³-hybridized carbons (Fsp3) is 0.0909. The molecule has 0 spiro atoms. The molecule has 0 aliphatic rings. The van der Waals surface area contributed by atoms with E-state index < -0.39 is 0 Å². The van der Waals surface area contributed by atoms with Crippen molar-refractivity contribution in [3.63, 3.8) is 0 Å². The lowest BCUT2D eigenvalue weighted by Gasteiger charge is -2.00. The zero-order valence-corrected chi connectivity index (χ0v) is 7.59. The predicted molar refractivity (Wildman–Crippen MR) is 52.9 cm³/mol. The molecule has 0 bridgehead atoms. The van der Waals surface area contributed by atoms with Gasteiger partial charge in [0.1, 0.15) is 5.75 Å². The Morgan fingerprint density at radius 1 is 1.21 bits per heavy atom. The number of nitrogens with zero attached hydrogens (tertiary/aromatic N) is 2. The minimum Gasteiger partial charge on any atom is -0.506 e. The highest BCUT2D eigenvalue weighted by Crippen LogP contribution is 2.11. The number of rotatable bonds is 2. The highest BCUT2D eigenvalue weighted by molar-refractivity contribution is 5.25. The molecule has 70 valence electrons. The van der Waals surface area contributed by atoms with Crippen LogP contribution in [0.5, 0.6) is 5.75 Å². The zero-order chi connectivity index (χ0) is 9.80. The van der Waals surface area contributed by atoms with Crippen LogP contribution in [0.3, 0.4) is 0 Å². The largest absolute Gasteiger partial charge is 0.506 e. The number of pyridine rings is 2. The lowest BCUT2D eigenvalue weighted by atomic mass is 10.1. The Morgan fingerprint density at radius 2 is 2.14 bits per heavy atom. The maximum Gasteiger partial charge on any atom is 0.134 e. The molecule has 0 saturated heterocycles. The fourth-order valence-electron chi connectivity index (χ4n) is 1.28. The summed E-state index contributed by atoms with van der Waals surface area (Å²) < 4.78 is 0. The molecule has 0 aromatic carbocycles. The Morgan fingerprint density at radius 3 is 2.86 bits per heavy atom. The number of hydrogen-bond acceptors (Lipinski definition) is 3. The van der Waals surface area contributed by atoms with Crippen molar-refractivity contribution in [1.29, 1.82) is 0 Å². The van der Waals surface area contributed by atoms with Crippen LogP contribution in [0.1, 0.15) is 11.3 Å². The average Bonchev–Trinajstić information content (AvgIpc) is 2.19. The number of hydrogen-bond donors (Lipinski definition) is 1. The topological polar surface area (TPSA) is 46.0 Å². The molecule has 0 saturated carbocycles. The van der Waals surface area contributed by atoms with E-state index in [1.54, 1.807) is 18.5 Å². The van der Waals surface area contributed by atoms with E-state index in [9.17, 15) is 5.11 Å². The van der Waals surface area contributed by atoms with Gasteiger partial charge in [-0.2, -0.15) is 0 Å². The molecule has 3 heteroatoms. The van der Waals surface area contributed by atoms with Gasteiger partial charge in [-0.15, -0.1) is 0 Å².